The number of carbonyl (C=O) groups excluding carboxylic acids is 1. The Bertz CT molecular complexity index is 202. The first-order valence-electron chi connectivity index (χ1n) is 5.81. The van der Waals surface area contributed by atoms with E-state index in [0.717, 1.165) is 19.3 Å². The summed E-state index contributed by atoms with van der Waals surface area (Å²) in [6, 6.07) is 0. The maximum absolute atomic E-state index is 11.3. The van der Waals surface area contributed by atoms with Crippen molar-refractivity contribution in [3.63, 3.8) is 0 Å². The van der Waals surface area contributed by atoms with Crippen molar-refractivity contribution < 1.29 is 13.9 Å². The fourth-order valence-electron chi connectivity index (χ4n) is 1.27. The summed E-state index contributed by atoms with van der Waals surface area (Å²) in [5.74, 6) is 0. The topological polar surface area (TPSA) is 43.4 Å². The first-order valence-corrected chi connectivity index (χ1v) is 7.13. The molecule has 1 unspecified atom stereocenters. The molecular formula is C11H23O3P. The van der Waals surface area contributed by atoms with Crippen molar-refractivity contribution in [2.75, 3.05) is 0 Å². The van der Waals surface area contributed by atoms with Crippen molar-refractivity contribution in [3.05, 3.63) is 0 Å². The third kappa shape index (κ3) is 8.83. The molecule has 0 N–H and O–H groups in total. The number of hydrogen-bond donors (Lipinski definition) is 0. The highest BCUT2D eigenvalue weighted by Gasteiger charge is 2.12. The molecular weight excluding hydrogens is 211 g/mol. The van der Waals surface area contributed by atoms with Crippen LogP contribution in [-0.4, -0.2) is 11.6 Å². The van der Waals surface area contributed by atoms with E-state index in [-0.39, 0.29) is 11.6 Å². The van der Waals surface area contributed by atoms with Gasteiger partial charge in [0.15, 0.2) is 0 Å². The molecule has 0 aromatic rings. The SMILES string of the molecule is CCCCCCCC(=O)[PH](=O)OC(C)C. The summed E-state index contributed by atoms with van der Waals surface area (Å²) in [5.41, 5.74) is -0.204. The van der Waals surface area contributed by atoms with Crippen LogP contribution in [0.15, 0.2) is 0 Å². The molecule has 0 aliphatic heterocycles. The molecule has 3 nitrogen and oxygen atoms in total. The first kappa shape index (κ1) is 14.9. The molecule has 0 radical (unpaired) electrons. The van der Waals surface area contributed by atoms with Crippen LogP contribution in [-0.2, 0) is 13.9 Å². The Hall–Kier alpha value is -0.140. The van der Waals surface area contributed by atoms with E-state index in [4.69, 9.17) is 4.52 Å². The molecule has 0 spiro atoms. The fourth-order valence-corrected chi connectivity index (χ4v) is 2.21. The van der Waals surface area contributed by atoms with E-state index in [2.05, 4.69) is 6.92 Å². The maximum Gasteiger partial charge on any atom is 0.255 e. The van der Waals surface area contributed by atoms with E-state index in [1.165, 1.54) is 12.8 Å². The molecule has 0 saturated carbocycles. The first-order chi connectivity index (χ1) is 7.07. The van der Waals surface area contributed by atoms with Gasteiger partial charge < -0.3 is 4.52 Å². The molecule has 0 saturated heterocycles. The van der Waals surface area contributed by atoms with Gasteiger partial charge in [-0.3, -0.25) is 9.36 Å². The Morgan fingerprint density at radius 3 is 2.33 bits per heavy atom. The molecule has 0 rings (SSSR count). The van der Waals surface area contributed by atoms with Gasteiger partial charge in [0.05, 0.1) is 6.10 Å². The summed E-state index contributed by atoms with van der Waals surface area (Å²) in [6.45, 7) is 5.73. The Morgan fingerprint density at radius 2 is 1.80 bits per heavy atom. The van der Waals surface area contributed by atoms with E-state index in [0.29, 0.717) is 6.42 Å². The summed E-state index contributed by atoms with van der Waals surface area (Å²) in [6.07, 6.45) is 5.75. The normalized spacial score (nSPS) is 13.1. The summed E-state index contributed by atoms with van der Waals surface area (Å²) in [5, 5.41) is 0. The average Bonchev–Trinajstić information content (AvgIpc) is 2.16. The molecule has 0 aliphatic carbocycles. The van der Waals surface area contributed by atoms with E-state index in [1.807, 2.05) is 0 Å². The van der Waals surface area contributed by atoms with Gasteiger partial charge in [0.25, 0.3) is 8.03 Å². The third-order valence-corrected chi connectivity index (χ3v) is 3.47. The number of hydrogen-bond acceptors (Lipinski definition) is 3. The quantitative estimate of drug-likeness (QED) is 0.450. The number of carbonyl (C=O) groups is 1. The van der Waals surface area contributed by atoms with Crippen LogP contribution in [0.3, 0.4) is 0 Å². The van der Waals surface area contributed by atoms with Crippen LogP contribution >= 0.6 is 8.03 Å². The van der Waals surface area contributed by atoms with Gasteiger partial charge >= 0.3 is 0 Å². The highest BCUT2D eigenvalue weighted by Crippen LogP contribution is 2.28. The lowest BCUT2D eigenvalue weighted by Crippen LogP contribution is -2.00. The molecule has 0 fully saturated rings. The monoisotopic (exact) mass is 234 g/mol. The van der Waals surface area contributed by atoms with E-state index >= 15 is 0 Å². The summed E-state index contributed by atoms with van der Waals surface area (Å²) < 4.78 is 16.3. The van der Waals surface area contributed by atoms with Crippen LogP contribution in [0, 0.1) is 0 Å². The molecule has 4 heteroatoms. The predicted molar refractivity (Wildman–Crippen MR) is 63.6 cm³/mol. The smallest absolute Gasteiger partial charge is 0.255 e. The lowest BCUT2D eigenvalue weighted by Gasteiger charge is -2.06. The average molecular weight is 234 g/mol. The Kier molecular flexibility index (Phi) is 9.03. The van der Waals surface area contributed by atoms with Crippen molar-refractivity contribution in [2.24, 2.45) is 0 Å². The van der Waals surface area contributed by atoms with Crippen LogP contribution < -0.4 is 0 Å². The third-order valence-electron chi connectivity index (χ3n) is 2.08. The highest BCUT2D eigenvalue weighted by atomic mass is 31.1. The van der Waals surface area contributed by atoms with Crippen LogP contribution in [0.4, 0.5) is 0 Å². The zero-order valence-electron chi connectivity index (χ0n) is 10.0. The van der Waals surface area contributed by atoms with E-state index in [9.17, 15) is 9.36 Å². The van der Waals surface area contributed by atoms with E-state index in [1.54, 1.807) is 13.8 Å². The molecule has 90 valence electrons. The lowest BCUT2D eigenvalue weighted by atomic mass is 10.1. The molecule has 0 aromatic carbocycles. The Labute approximate surface area is 93.5 Å². The second-order valence-corrected chi connectivity index (χ2v) is 5.41. The van der Waals surface area contributed by atoms with Gasteiger partial charge in [0.2, 0.25) is 5.52 Å². The molecule has 0 aromatic heterocycles. The minimum absolute atomic E-state index is 0.125. The fraction of sp³-hybridized carbons (Fsp3) is 0.909. The van der Waals surface area contributed by atoms with Gasteiger partial charge in [0, 0.05) is 6.42 Å². The largest absolute Gasteiger partial charge is 0.323 e. The van der Waals surface area contributed by atoms with Crippen LogP contribution in [0.1, 0.15) is 59.3 Å². The Balaban J connectivity index is 3.52. The van der Waals surface area contributed by atoms with Crippen LogP contribution in [0.25, 0.3) is 0 Å². The minimum atomic E-state index is -2.45. The van der Waals surface area contributed by atoms with Gasteiger partial charge in [0.1, 0.15) is 0 Å². The van der Waals surface area contributed by atoms with Gasteiger partial charge in [-0.05, 0) is 20.3 Å². The minimum Gasteiger partial charge on any atom is -0.323 e. The van der Waals surface area contributed by atoms with Gasteiger partial charge in [-0.2, -0.15) is 0 Å². The number of unbranched alkanes of at least 4 members (excludes halogenated alkanes) is 4. The van der Waals surface area contributed by atoms with Crippen molar-refractivity contribution in [1.29, 1.82) is 0 Å². The van der Waals surface area contributed by atoms with Crippen LogP contribution in [0.2, 0.25) is 0 Å². The zero-order chi connectivity index (χ0) is 11.7. The van der Waals surface area contributed by atoms with E-state index < -0.39 is 8.03 Å². The van der Waals surface area contributed by atoms with Gasteiger partial charge in [-0.25, -0.2) is 0 Å². The van der Waals surface area contributed by atoms with Crippen molar-refractivity contribution in [1.82, 2.24) is 0 Å². The molecule has 0 amide bonds. The lowest BCUT2D eigenvalue weighted by molar-refractivity contribution is -0.112. The van der Waals surface area contributed by atoms with Gasteiger partial charge in [-0.1, -0.05) is 32.6 Å². The summed E-state index contributed by atoms with van der Waals surface area (Å²) in [7, 11) is -2.45. The molecule has 1 atom stereocenters. The summed E-state index contributed by atoms with van der Waals surface area (Å²) in [4.78, 5) is 11.3. The Morgan fingerprint density at radius 1 is 1.20 bits per heavy atom. The second-order valence-electron chi connectivity index (χ2n) is 4.04. The number of rotatable bonds is 9. The molecule has 0 bridgehead atoms. The maximum atomic E-state index is 11.3. The predicted octanol–water partition coefficient (Wildman–Crippen LogP) is 3.77. The highest BCUT2D eigenvalue weighted by molar-refractivity contribution is 7.59. The van der Waals surface area contributed by atoms with Crippen molar-refractivity contribution >= 4 is 13.6 Å². The van der Waals surface area contributed by atoms with Crippen molar-refractivity contribution in [3.8, 4) is 0 Å². The molecule has 15 heavy (non-hydrogen) atoms. The standard InChI is InChI=1S/C11H23O3P/c1-4-5-6-7-8-9-11(12)15(13)14-10(2)3/h10,15H,4-9H2,1-3H3. The summed E-state index contributed by atoms with van der Waals surface area (Å²) >= 11 is 0. The zero-order valence-corrected chi connectivity index (χ0v) is 11.0. The molecule has 0 heterocycles. The van der Waals surface area contributed by atoms with Crippen LogP contribution in [0.5, 0.6) is 0 Å². The van der Waals surface area contributed by atoms with Gasteiger partial charge in [-0.15, -0.1) is 0 Å². The second kappa shape index (κ2) is 9.11. The van der Waals surface area contributed by atoms with Crippen molar-refractivity contribution in [2.45, 2.75) is 65.4 Å². The molecule has 0 aliphatic rings.